The van der Waals surface area contributed by atoms with Crippen LogP contribution in [0.25, 0.3) is 21.8 Å². The summed E-state index contributed by atoms with van der Waals surface area (Å²) in [5, 5.41) is 1.59. The number of aromatic amines is 1. The van der Waals surface area contributed by atoms with Gasteiger partial charge in [0.25, 0.3) is 0 Å². The molecule has 0 bridgehead atoms. The number of rotatable bonds is 7. The van der Waals surface area contributed by atoms with E-state index in [0.717, 1.165) is 17.5 Å². The fourth-order valence-corrected chi connectivity index (χ4v) is 3.51. The number of hydrogen-bond donors (Lipinski definition) is 1. The van der Waals surface area contributed by atoms with Gasteiger partial charge in [-0.2, -0.15) is 0 Å². The Labute approximate surface area is 173 Å². The number of aromatic nitrogens is 2. The highest BCUT2D eigenvalue weighted by Gasteiger charge is 2.26. The Hall–Kier alpha value is -2.80. The van der Waals surface area contributed by atoms with Crippen LogP contribution in [-0.4, -0.2) is 41.7 Å². The number of halogens is 1. The third-order valence-electron chi connectivity index (χ3n) is 4.44. The molecule has 0 atom stereocenters. The predicted molar refractivity (Wildman–Crippen MR) is 111 cm³/mol. The largest absolute Gasteiger partial charge is 0.490 e. The number of aryl methyl sites for hydroxylation is 1. The molecule has 0 aliphatic rings. The lowest BCUT2D eigenvalue weighted by atomic mass is 10.0. The van der Waals surface area contributed by atoms with Gasteiger partial charge in [0.1, 0.15) is 11.2 Å². The summed E-state index contributed by atoms with van der Waals surface area (Å²) in [5.41, 5.74) is 2.09. The van der Waals surface area contributed by atoms with E-state index in [0.29, 0.717) is 33.8 Å². The summed E-state index contributed by atoms with van der Waals surface area (Å²) >= 11 is 6.64. The first-order valence-electron chi connectivity index (χ1n) is 9.61. The Morgan fingerprint density at radius 1 is 1.03 bits per heavy atom. The van der Waals surface area contributed by atoms with Crippen LogP contribution in [0, 0.1) is 0 Å². The van der Waals surface area contributed by atoms with Crippen molar-refractivity contribution in [3.05, 3.63) is 34.1 Å². The predicted octanol–water partition coefficient (Wildman–Crippen LogP) is 4.68. The summed E-state index contributed by atoms with van der Waals surface area (Å²) in [7, 11) is 0. The molecule has 1 N–H and O–H groups in total. The van der Waals surface area contributed by atoms with Crippen molar-refractivity contribution in [1.29, 1.82) is 0 Å². The van der Waals surface area contributed by atoms with Crippen LogP contribution in [0.5, 0.6) is 5.75 Å². The highest BCUT2D eigenvalue weighted by atomic mass is 35.5. The minimum Gasteiger partial charge on any atom is -0.490 e. The summed E-state index contributed by atoms with van der Waals surface area (Å²) in [6.07, 6.45) is 0.750. The maximum absolute atomic E-state index is 12.8. The van der Waals surface area contributed by atoms with Crippen LogP contribution in [0.1, 0.15) is 54.2 Å². The van der Waals surface area contributed by atoms with Gasteiger partial charge in [-0.1, -0.05) is 18.5 Å². The molecular formula is C21H23ClN2O5. The first-order chi connectivity index (χ1) is 14.0. The van der Waals surface area contributed by atoms with Gasteiger partial charge in [0.15, 0.2) is 5.75 Å². The summed E-state index contributed by atoms with van der Waals surface area (Å²) in [6.45, 7) is 7.96. The molecule has 0 fully saturated rings. The Kier molecular flexibility index (Phi) is 6.27. The number of nitrogens with zero attached hydrogens (tertiary/aromatic N) is 1. The molecule has 7 nitrogen and oxygen atoms in total. The minimum atomic E-state index is -0.639. The van der Waals surface area contributed by atoms with E-state index in [-0.39, 0.29) is 24.5 Å². The van der Waals surface area contributed by atoms with Crippen molar-refractivity contribution >= 4 is 45.3 Å². The first kappa shape index (κ1) is 20.9. The first-order valence-corrected chi connectivity index (χ1v) is 9.99. The van der Waals surface area contributed by atoms with E-state index >= 15 is 0 Å². The van der Waals surface area contributed by atoms with Gasteiger partial charge in [0, 0.05) is 16.5 Å². The number of nitrogens with one attached hydrogen (secondary N) is 1. The van der Waals surface area contributed by atoms with Crippen LogP contribution in [0.15, 0.2) is 12.1 Å². The summed E-state index contributed by atoms with van der Waals surface area (Å²) in [4.78, 5) is 32.9. The highest BCUT2D eigenvalue weighted by Crippen LogP contribution is 2.42. The van der Waals surface area contributed by atoms with E-state index in [1.165, 1.54) is 6.07 Å². The Morgan fingerprint density at radius 3 is 2.34 bits per heavy atom. The van der Waals surface area contributed by atoms with Crippen LogP contribution in [0.4, 0.5) is 0 Å². The molecule has 154 valence electrons. The van der Waals surface area contributed by atoms with Crippen molar-refractivity contribution in [3.8, 4) is 5.75 Å². The van der Waals surface area contributed by atoms with Gasteiger partial charge in [-0.3, -0.25) is 0 Å². The molecule has 0 saturated heterocycles. The Bertz CT molecular complexity index is 1090. The smallest absolute Gasteiger partial charge is 0.356 e. The molecule has 8 heteroatoms. The van der Waals surface area contributed by atoms with Gasteiger partial charge in [0.05, 0.1) is 35.9 Å². The summed E-state index contributed by atoms with van der Waals surface area (Å²) in [5.74, 6) is -0.890. The molecule has 0 aliphatic heterocycles. The molecule has 29 heavy (non-hydrogen) atoms. The number of ether oxygens (including phenoxy) is 3. The molecule has 3 aromatic rings. The van der Waals surface area contributed by atoms with Gasteiger partial charge in [-0.25, -0.2) is 14.6 Å². The zero-order chi connectivity index (χ0) is 21.1. The SMILES string of the molecule is CCOC(=O)c1cc(C(=O)OCC)c2c(n1)c(OCC)c(Cl)c1cc(CC)[nH]c12. The monoisotopic (exact) mass is 418 g/mol. The standard InChI is InChI=1S/C21H23ClN2O5/c1-5-11-9-13-16(22)19(27-6-2)18-15(17(13)23-11)12(20(25)28-7-3)10-14(24-18)21(26)29-8-4/h9-10,23H,5-8H2,1-4H3. The second-order valence-electron chi connectivity index (χ2n) is 6.23. The third kappa shape index (κ3) is 3.74. The lowest BCUT2D eigenvalue weighted by Crippen LogP contribution is -2.13. The van der Waals surface area contributed by atoms with Crippen molar-refractivity contribution in [1.82, 2.24) is 9.97 Å². The number of carbonyl (C=O) groups is 2. The average Bonchev–Trinajstić information content (AvgIpc) is 3.15. The molecule has 0 amide bonds. The number of esters is 2. The van der Waals surface area contributed by atoms with Crippen molar-refractivity contribution in [2.45, 2.75) is 34.1 Å². The zero-order valence-corrected chi connectivity index (χ0v) is 17.6. The van der Waals surface area contributed by atoms with Crippen LogP contribution >= 0.6 is 11.6 Å². The van der Waals surface area contributed by atoms with Crippen molar-refractivity contribution in [2.24, 2.45) is 0 Å². The average molecular weight is 419 g/mol. The van der Waals surface area contributed by atoms with Gasteiger partial charge < -0.3 is 19.2 Å². The summed E-state index contributed by atoms with van der Waals surface area (Å²) < 4.78 is 16.1. The normalized spacial score (nSPS) is 11.1. The molecule has 1 aromatic carbocycles. The van der Waals surface area contributed by atoms with Crippen LogP contribution in [0.3, 0.4) is 0 Å². The van der Waals surface area contributed by atoms with Crippen molar-refractivity contribution in [3.63, 3.8) is 0 Å². The molecular weight excluding hydrogens is 396 g/mol. The van der Waals surface area contributed by atoms with E-state index < -0.39 is 11.9 Å². The van der Waals surface area contributed by atoms with Gasteiger partial charge >= 0.3 is 11.9 Å². The number of benzene rings is 1. The molecule has 0 unspecified atom stereocenters. The topological polar surface area (TPSA) is 90.5 Å². The highest BCUT2D eigenvalue weighted by molar-refractivity contribution is 6.40. The Morgan fingerprint density at radius 2 is 1.72 bits per heavy atom. The molecule has 0 saturated carbocycles. The third-order valence-corrected chi connectivity index (χ3v) is 4.82. The van der Waals surface area contributed by atoms with E-state index in [4.69, 9.17) is 25.8 Å². The van der Waals surface area contributed by atoms with Gasteiger partial charge in [-0.15, -0.1) is 0 Å². The van der Waals surface area contributed by atoms with E-state index in [9.17, 15) is 9.59 Å². The number of H-pyrrole nitrogens is 1. The van der Waals surface area contributed by atoms with E-state index in [1.807, 2.05) is 19.9 Å². The van der Waals surface area contributed by atoms with Crippen LogP contribution in [0.2, 0.25) is 5.02 Å². The fourth-order valence-electron chi connectivity index (χ4n) is 3.22. The molecule has 0 aliphatic carbocycles. The molecule has 3 rings (SSSR count). The van der Waals surface area contributed by atoms with E-state index in [1.54, 1.807) is 13.8 Å². The maximum atomic E-state index is 12.8. The van der Waals surface area contributed by atoms with Crippen molar-refractivity contribution < 1.29 is 23.8 Å². The minimum absolute atomic E-state index is 0.0129. The second kappa shape index (κ2) is 8.69. The van der Waals surface area contributed by atoms with Crippen molar-refractivity contribution in [2.75, 3.05) is 19.8 Å². The van der Waals surface area contributed by atoms with Gasteiger partial charge in [0.2, 0.25) is 0 Å². The lowest BCUT2D eigenvalue weighted by molar-refractivity contribution is 0.0519. The molecule has 0 spiro atoms. The number of carbonyl (C=O) groups excluding carboxylic acids is 2. The Balaban J connectivity index is 2.48. The number of hydrogen-bond acceptors (Lipinski definition) is 6. The van der Waals surface area contributed by atoms with Crippen LogP contribution < -0.4 is 4.74 Å². The quantitative estimate of drug-likeness (QED) is 0.560. The van der Waals surface area contributed by atoms with E-state index in [2.05, 4.69) is 9.97 Å². The lowest BCUT2D eigenvalue weighted by Gasteiger charge is -2.15. The second-order valence-corrected chi connectivity index (χ2v) is 6.61. The molecule has 2 aromatic heterocycles. The molecule has 0 radical (unpaired) electrons. The van der Waals surface area contributed by atoms with Crippen LogP contribution in [-0.2, 0) is 15.9 Å². The number of fused-ring (bicyclic) bond motifs is 3. The summed E-state index contributed by atoms with van der Waals surface area (Å²) in [6, 6.07) is 3.32. The maximum Gasteiger partial charge on any atom is 0.356 e. The fraction of sp³-hybridized carbons (Fsp3) is 0.381. The number of pyridine rings is 1. The zero-order valence-electron chi connectivity index (χ0n) is 16.8. The molecule has 2 heterocycles. The van der Waals surface area contributed by atoms with Gasteiger partial charge in [-0.05, 0) is 39.3 Å².